The van der Waals surface area contributed by atoms with Crippen molar-refractivity contribution in [3.63, 3.8) is 0 Å². The molecule has 0 amide bonds. The molecule has 0 spiro atoms. The third-order valence-corrected chi connectivity index (χ3v) is 5.21. The number of anilines is 1. The minimum atomic E-state index is -3.69. The Labute approximate surface area is 182 Å². The summed E-state index contributed by atoms with van der Waals surface area (Å²) in [5.41, 5.74) is 0.255. The van der Waals surface area contributed by atoms with Crippen LogP contribution in [0.1, 0.15) is 77.1 Å². The van der Waals surface area contributed by atoms with Gasteiger partial charge < -0.3 is 15.2 Å². The van der Waals surface area contributed by atoms with Gasteiger partial charge in [-0.05, 0) is 31.6 Å². The van der Waals surface area contributed by atoms with E-state index in [1.165, 1.54) is 18.9 Å². The predicted octanol–water partition coefficient (Wildman–Crippen LogP) is 6.06. The van der Waals surface area contributed by atoms with Crippen molar-refractivity contribution < 1.29 is 23.1 Å². The van der Waals surface area contributed by atoms with E-state index >= 15 is 0 Å². The van der Waals surface area contributed by atoms with Gasteiger partial charge in [0.25, 0.3) is 0 Å². The van der Waals surface area contributed by atoms with E-state index in [9.17, 15) is 18.3 Å². The number of ether oxygens (including phenoxy) is 1. The van der Waals surface area contributed by atoms with Gasteiger partial charge in [-0.3, -0.25) is 0 Å². The van der Waals surface area contributed by atoms with Gasteiger partial charge in [-0.15, -0.1) is 0 Å². The Kier molecular flexibility index (Phi) is 13.5. The molecule has 7 heteroatoms. The fourth-order valence-electron chi connectivity index (χ4n) is 2.20. The van der Waals surface area contributed by atoms with Crippen LogP contribution in [0.15, 0.2) is 41.0 Å². The maximum absolute atomic E-state index is 12.3. The molecule has 0 atom stereocenters. The van der Waals surface area contributed by atoms with E-state index in [2.05, 4.69) is 19.2 Å². The molecule has 1 aromatic rings. The van der Waals surface area contributed by atoms with Crippen LogP contribution in [-0.2, 0) is 9.84 Å². The van der Waals surface area contributed by atoms with E-state index < -0.39 is 15.8 Å². The maximum atomic E-state index is 12.3. The molecule has 170 valence electrons. The summed E-state index contributed by atoms with van der Waals surface area (Å²) in [5.74, 6) is -0.485. The number of carboxylic acid groups (broad SMARTS) is 1. The summed E-state index contributed by atoms with van der Waals surface area (Å²) in [5, 5.41) is 12.4. The quantitative estimate of drug-likeness (QED) is 0.247. The highest BCUT2D eigenvalue weighted by atomic mass is 32.2. The summed E-state index contributed by atoms with van der Waals surface area (Å²) in [6.45, 7) is 10.7. The van der Waals surface area contributed by atoms with Crippen LogP contribution in [0.2, 0.25) is 0 Å². The number of carbonyl (C=O) groups is 1. The largest absolute Gasteiger partial charge is 0.478 e. The monoisotopic (exact) mass is 439 g/mol. The molecule has 0 bridgehead atoms. The average molecular weight is 440 g/mol. The Bertz CT molecular complexity index is 824. The van der Waals surface area contributed by atoms with Crippen LogP contribution in [-0.4, -0.2) is 32.3 Å². The van der Waals surface area contributed by atoms with Crippen molar-refractivity contribution in [1.29, 1.82) is 0 Å². The molecule has 0 aromatic heterocycles. The zero-order chi connectivity index (χ0) is 23.2. The fourth-order valence-corrected chi connectivity index (χ4v) is 3.03. The second-order valence-electron chi connectivity index (χ2n) is 6.82. The van der Waals surface area contributed by atoms with E-state index in [0.29, 0.717) is 24.4 Å². The average Bonchev–Trinajstić information content (AvgIpc) is 2.70. The molecule has 1 rings (SSSR count). The lowest BCUT2D eigenvalue weighted by Crippen LogP contribution is -2.11. The second kappa shape index (κ2) is 14.7. The van der Waals surface area contributed by atoms with Gasteiger partial charge in [-0.25, -0.2) is 13.2 Å². The van der Waals surface area contributed by atoms with E-state index in [4.69, 9.17) is 4.74 Å². The molecule has 0 saturated carbocycles. The normalized spacial score (nSPS) is 11.7. The lowest BCUT2D eigenvalue weighted by atomic mass is 10.1. The summed E-state index contributed by atoms with van der Waals surface area (Å²) >= 11 is 0. The topological polar surface area (TPSA) is 92.7 Å². The number of sulfone groups is 1. The van der Waals surface area contributed by atoms with Crippen LogP contribution in [0.5, 0.6) is 5.75 Å². The number of rotatable bonds is 11. The zero-order valence-electron chi connectivity index (χ0n) is 19.1. The summed E-state index contributed by atoms with van der Waals surface area (Å²) in [4.78, 5) is 11.3. The first-order chi connectivity index (χ1) is 14.2. The summed E-state index contributed by atoms with van der Waals surface area (Å²) in [6.07, 6.45) is 11.4. The molecule has 30 heavy (non-hydrogen) atoms. The SMILES string of the molecule is C/C=C\C=C(/CC)Oc1c(NCCCC)cc(C(=O)O)cc1S(C)(=O)=O.CCCC. The molecule has 0 heterocycles. The number of benzene rings is 1. The Morgan fingerprint density at radius 1 is 1.13 bits per heavy atom. The maximum Gasteiger partial charge on any atom is 0.335 e. The van der Waals surface area contributed by atoms with Crippen LogP contribution in [0, 0.1) is 0 Å². The van der Waals surface area contributed by atoms with Crippen molar-refractivity contribution in [3.8, 4) is 5.75 Å². The van der Waals surface area contributed by atoms with Crippen molar-refractivity contribution >= 4 is 21.5 Å². The number of aromatic carboxylic acids is 1. The molecule has 0 fully saturated rings. The van der Waals surface area contributed by atoms with E-state index in [0.717, 1.165) is 25.2 Å². The molecule has 0 aliphatic heterocycles. The number of unbranched alkanes of at least 4 members (excludes halogenated alkanes) is 2. The minimum absolute atomic E-state index is 0.104. The molecule has 0 aliphatic carbocycles. The smallest absolute Gasteiger partial charge is 0.335 e. The number of hydrogen-bond acceptors (Lipinski definition) is 5. The van der Waals surface area contributed by atoms with Crippen LogP contribution in [0.3, 0.4) is 0 Å². The van der Waals surface area contributed by atoms with Crippen LogP contribution < -0.4 is 10.1 Å². The highest BCUT2D eigenvalue weighted by Gasteiger charge is 2.23. The lowest BCUT2D eigenvalue weighted by molar-refractivity contribution is 0.0696. The molecule has 6 nitrogen and oxygen atoms in total. The Morgan fingerprint density at radius 3 is 2.20 bits per heavy atom. The molecule has 2 N–H and O–H groups in total. The number of carboxylic acids is 1. The molecule has 0 saturated heterocycles. The van der Waals surface area contributed by atoms with Crippen molar-refractivity contribution in [3.05, 3.63) is 41.7 Å². The first-order valence-electron chi connectivity index (χ1n) is 10.5. The highest BCUT2D eigenvalue weighted by Crippen LogP contribution is 2.36. The van der Waals surface area contributed by atoms with Crippen molar-refractivity contribution in [2.75, 3.05) is 18.1 Å². The third kappa shape index (κ3) is 9.96. The zero-order valence-corrected chi connectivity index (χ0v) is 19.9. The lowest BCUT2D eigenvalue weighted by Gasteiger charge is -2.18. The van der Waals surface area contributed by atoms with Crippen LogP contribution in [0.25, 0.3) is 0 Å². The van der Waals surface area contributed by atoms with Gasteiger partial charge in [0.05, 0.1) is 11.3 Å². The van der Waals surface area contributed by atoms with Gasteiger partial charge in [0.1, 0.15) is 10.7 Å². The van der Waals surface area contributed by atoms with E-state index in [1.807, 2.05) is 26.8 Å². The Morgan fingerprint density at radius 2 is 1.77 bits per heavy atom. The molecular weight excluding hydrogens is 402 g/mol. The summed E-state index contributed by atoms with van der Waals surface area (Å²) in [6, 6.07) is 2.55. The van der Waals surface area contributed by atoms with Crippen molar-refractivity contribution in [1.82, 2.24) is 0 Å². The first kappa shape index (κ1) is 27.7. The van der Waals surface area contributed by atoms with Gasteiger partial charge in [0.2, 0.25) is 0 Å². The molecular formula is C23H37NO5S. The summed E-state index contributed by atoms with van der Waals surface area (Å²) < 4.78 is 30.4. The molecule has 0 radical (unpaired) electrons. The molecule has 1 aromatic carbocycles. The number of hydrogen-bond donors (Lipinski definition) is 2. The summed E-state index contributed by atoms with van der Waals surface area (Å²) in [7, 11) is -3.69. The van der Waals surface area contributed by atoms with E-state index in [-0.39, 0.29) is 16.2 Å². The van der Waals surface area contributed by atoms with Crippen molar-refractivity contribution in [2.24, 2.45) is 0 Å². The van der Waals surface area contributed by atoms with Gasteiger partial charge in [0, 0.05) is 19.2 Å². The number of nitrogens with one attached hydrogen (secondary N) is 1. The van der Waals surface area contributed by atoms with Gasteiger partial charge in [0.15, 0.2) is 15.6 Å². The molecule has 0 aliphatic rings. The van der Waals surface area contributed by atoms with Crippen molar-refractivity contribution in [2.45, 2.75) is 71.6 Å². The Hall–Kier alpha value is -2.28. The Balaban J connectivity index is 0.00000192. The predicted molar refractivity (Wildman–Crippen MR) is 124 cm³/mol. The highest BCUT2D eigenvalue weighted by molar-refractivity contribution is 7.90. The van der Waals surface area contributed by atoms with Gasteiger partial charge in [-0.2, -0.15) is 0 Å². The minimum Gasteiger partial charge on any atom is -0.478 e. The number of allylic oxidation sites excluding steroid dienone is 4. The molecule has 0 unspecified atom stereocenters. The van der Waals surface area contributed by atoms with Gasteiger partial charge in [-0.1, -0.05) is 59.1 Å². The second-order valence-corrected chi connectivity index (χ2v) is 8.81. The van der Waals surface area contributed by atoms with Crippen LogP contribution >= 0.6 is 0 Å². The first-order valence-corrected chi connectivity index (χ1v) is 12.4. The van der Waals surface area contributed by atoms with Crippen LogP contribution in [0.4, 0.5) is 5.69 Å². The van der Waals surface area contributed by atoms with E-state index in [1.54, 1.807) is 12.2 Å². The fraction of sp³-hybridized carbons (Fsp3) is 0.522. The third-order valence-electron chi connectivity index (χ3n) is 4.10. The standard InChI is InChI=1S/C19H27NO5S.C4H10/c1-5-8-10-15(7-3)25-18-16(20-11-9-6-2)12-14(19(21)22)13-17(18)26(4,23)24;1-3-4-2/h5,8,10,12-13,20H,6-7,9,11H2,1-4H3,(H,21,22);3-4H2,1-2H3/b8-5-,15-10+;. The van der Waals surface area contributed by atoms with Gasteiger partial charge >= 0.3 is 5.97 Å².